The Kier molecular flexibility index (Phi) is 7.36. The molecule has 26 heavy (non-hydrogen) atoms. The predicted molar refractivity (Wildman–Crippen MR) is 102 cm³/mol. The molecule has 2 rings (SSSR count). The first-order valence-corrected chi connectivity index (χ1v) is 8.48. The van der Waals surface area contributed by atoms with Gasteiger partial charge in [-0.05, 0) is 55.3 Å². The third-order valence-electron chi connectivity index (χ3n) is 3.59. The average molecular weight is 353 g/mol. The standard InChI is InChI=1S/C20H23N3O3/c1-3-26-17-10-8-16(9-11-17)14-21-23-20(25)13-12-19(24)22-18-7-5-4-6-15(18)2/h4-11,14H,3,12-13H2,1-2H3,(H,22,24)(H,23,25)/b21-14-. The Hall–Kier alpha value is -3.15. The third-order valence-corrected chi connectivity index (χ3v) is 3.59. The Balaban J connectivity index is 1.73. The van der Waals surface area contributed by atoms with Gasteiger partial charge in [0.25, 0.3) is 0 Å². The molecule has 2 aromatic carbocycles. The minimum absolute atomic E-state index is 0.0678. The predicted octanol–water partition coefficient (Wildman–Crippen LogP) is 3.26. The fraction of sp³-hybridized carbons (Fsp3) is 0.250. The topological polar surface area (TPSA) is 79.8 Å². The number of aryl methyl sites for hydroxylation is 1. The third kappa shape index (κ3) is 6.39. The molecule has 0 aliphatic carbocycles. The number of hydrogen-bond acceptors (Lipinski definition) is 4. The van der Waals surface area contributed by atoms with Gasteiger partial charge in [0, 0.05) is 18.5 Å². The summed E-state index contributed by atoms with van der Waals surface area (Å²) in [6.45, 7) is 4.45. The van der Waals surface area contributed by atoms with Crippen LogP contribution in [0.2, 0.25) is 0 Å². The SMILES string of the molecule is CCOc1ccc(/C=N\NC(=O)CCC(=O)Nc2ccccc2C)cc1. The van der Waals surface area contributed by atoms with Gasteiger partial charge < -0.3 is 10.1 Å². The van der Waals surface area contributed by atoms with Gasteiger partial charge in [0.05, 0.1) is 12.8 Å². The number of hydrazone groups is 1. The molecular weight excluding hydrogens is 330 g/mol. The lowest BCUT2D eigenvalue weighted by molar-refractivity contribution is -0.124. The van der Waals surface area contributed by atoms with E-state index in [9.17, 15) is 9.59 Å². The molecule has 2 N–H and O–H groups in total. The second-order valence-corrected chi connectivity index (χ2v) is 5.66. The van der Waals surface area contributed by atoms with Crippen LogP contribution in [0.25, 0.3) is 0 Å². The first-order chi connectivity index (χ1) is 12.6. The smallest absolute Gasteiger partial charge is 0.240 e. The summed E-state index contributed by atoms with van der Waals surface area (Å²) < 4.78 is 5.36. The Bertz CT molecular complexity index is 770. The van der Waals surface area contributed by atoms with E-state index in [1.54, 1.807) is 6.21 Å². The van der Waals surface area contributed by atoms with Crippen molar-refractivity contribution in [2.75, 3.05) is 11.9 Å². The van der Waals surface area contributed by atoms with E-state index < -0.39 is 0 Å². The van der Waals surface area contributed by atoms with Crippen LogP contribution in [0, 0.1) is 6.92 Å². The van der Waals surface area contributed by atoms with Crippen molar-refractivity contribution in [3.05, 3.63) is 59.7 Å². The highest BCUT2D eigenvalue weighted by Crippen LogP contribution is 2.13. The minimum Gasteiger partial charge on any atom is -0.494 e. The zero-order valence-corrected chi connectivity index (χ0v) is 15.0. The number of benzene rings is 2. The van der Waals surface area contributed by atoms with Crippen LogP contribution in [-0.4, -0.2) is 24.6 Å². The summed E-state index contributed by atoms with van der Waals surface area (Å²) in [4.78, 5) is 23.7. The number of carbonyl (C=O) groups excluding carboxylic acids is 2. The number of nitrogens with zero attached hydrogens (tertiary/aromatic N) is 1. The molecule has 0 fully saturated rings. The van der Waals surface area contributed by atoms with E-state index >= 15 is 0 Å². The van der Waals surface area contributed by atoms with Crippen LogP contribution in [-0.2, 0) is 9.59 Å². The lowest BCUT2D eigenvalue weighted by Crippen LogP contribution is -2.20. The quantitative estimate of drug-likeness (QED) is 0.565. The Morgan fingerprint density at radius 1 is 1.04 bits per heavy atom. The van der Waals surface area contributed by atoms with E-state index in [1.165, 1.54) is 0 Å². The molecule has 2 amide bonds. The summed E-state index contributed by atoms with van der Waals surface area (Å²) in [7, 11) is 0. The molecule has 0 aliphatic rings. The Morgan fingerprint density at radius 3 is 2.42 bits per heavy atom. The van der Waals surface area contributed by atoms with Gasteiger partial charge in [0.1, 0.15) is 5.75 Å². The molecule has 0 aliphatic heterocycles. The summed E-state index contributed by atoms with van der Waals surface area (Å²) in [5, 5.41) is 6.69. The molecule has 0 aromatic heterocycles. The van der Waals surface area contributed by atoms with Gasteiger partial charge in [-0.15, -0.1) is 0 Å². The number of amides is 2. The number of anilines is 1. The summed E-state index contributed by atoms with van der Waals surface area (Å²) in [6, 6.07) is 14.9. The van der Waals surface area contributed by atoms with Gasteiger partial charge in [-0.1, -0.05) is 18.2 Å². The fourth-order valence-corrected chi connectivity index (χ4v) is 2.20. The van der Waals surface area contributed by atoms with Gasteiger partial charge in [-0.2, -0.15) is 5.10 Å². The van der Waals surface area contributed by atoms with Crippen LogP contribution in [0.15, 0.2) is 53.6 Å². The first kappa shape index (κ1) is 19.2. The van der Waals surface area contributed by atoms with E-state index in [1.807, 2.05) is 62.4 Å². The highest BCUT2D eigenvalue weighted by molar-refractivity contribution is 5.94. The number of rotatable bonds is 8. The van der Waals surface area contributed by atoms with Gasteiger partial charge >= 0.3 is 0 Å². The van der Waals surface area contributed by atoms with Crippen LogP contribution in [0.1, 0.15) is 30.9 Å². The monoisotopic (exact) mass is 353 g/mol. The van der Waals surface area contributed by atoms with Gasteiger partial charge in [-0.25, -0.2) is 5.43 Å². The van der Waals surface area contributed by atoms with Crippen molar-refractivity contribution in [2.45, 2.75) is 26.7 Å². The van der Waals surface area contributed by atoms with E-state index in [4.69, 9.17) is 4.74 Å². The summed E-state index contributed by atoms with van der Waals surface area (Å²) >= 11 is 0. The highest BCUT2D eigenvalue weighted by atomic mass is 16.5. The molecule has 0 atom stereocenters. The van der Waals surface area contributed by atoms with Crippen molar-refractivity contribution in [3.8, 4) is 5.75 Å². The second kappa shape index (κ2) is 9.98. The summed E-state index contributed by atoms with van der Waals surface area (Å²) in [5.74, 6) is 0.269. The number of carbonyl (C=O) groups is 2. The zero-order valence-electron chi connectivity index (χ0n) is 15.0. The van der Waals surface area contributed by atoms with E-state index in [0.717, 1.165) is 22.6 Å². The first-order valence-electron chi connectivity index (χ1n) is 8.48. The van der Waals surface area contributed by atoms with Crippen molar-refractivity contribution in [3.63, 3.8) is 0 Å². The summed E-state index contributed by atoms with van der Waals surface area (Å²) in [5.41, 5.74) is 4.99. The van der Waals surface area contributed by atoms with Crippen molar-refractivity contribution < 1.29 is 14.3 Å². The van der Waals surface area contributed by atoms with Crippen LogP contribution in [0.3, 0.4) is 0 Å². The molecule has 0 bridgehead atoms. The minimum atomic E-state index is -0.313. The maximum atomic E-state index is 11.9. The molecule has 0 saturated heterocycles. The van der Waals surface area contributed by atoms with Crippen LogP contribution < -0.4 is 15.5 Å². The highest BCUT2D eigenvalue weighted by Gasteiger charge is 2.07. The second-order valence-electron chi connectivity index (χ2n) is 5.66. The largest absolute Gasteiger partial charge is 0.494 e. The van der Waals surface area contributed by atoms with Crippen LogP contribution in [0.5, 0.6) is 5.75 Å². The number of para-hydroxylation sites is 1. The molecule has 136 valence electrons. The normalized spacial score (nSPS) is 10.5. The molecule has 6 nitrogen and oxygen atoms in total. The average Bonchev–Trinajstić information content (AvgIpc) is 2.64. The van der Waals surface area contributed by atoms with Gasteiger partial charge in [0.2, 0.25) is 11.8 Å². The molecule has 0 unspecified atom stereocenters. The van der Waals surface area contributed by atoms with Crippen molar-refractivity contribution in [2.24, 2.45) is 5.10 Å². The van der Waals surface area contributed by atoms with Crippen LogP contribution in [0.4, 0.5) is 5.69 Å². The molecule has 0 spiro atoms. The Labute approximate surface area is 153 Å². The van der Waals surface area contributed by atoms with Crippen molar-refractivity contribution in [1.82, 2.24) is 5.43 Å². The molecule has 2 aromatic rings. The molecule has 0 radical (unpaired) electrons. The van der Waals surface area contributed by atoms with Gasteiger partial charge in [0.15, 0.2) is 0 Å². The van der Waals surface area contributed by atoms with E-state index in [2.05, 4.69) is 15.8 Å². The maximum Gasteiger partial charge on any atom is 0.240 e. The molecule has 6 heteroatoms. The van der Waals surface area contributed by atoms with Crippen LogP contribution >= 0.6 is 0 Å². The number of hydrogen-bond donors (Lipinski definition) is 2. The zero-order chi connectivity index (χ0) is 18.8. The number of ether oxygens (including phenoxy) is 1. The summed E-state index contributed by atoms with van der Waals surface area (Å²) in [6.07, 6.45) is 1.71. The van der Waals surface area contributed by atoms with Crippen molar-refractivity contribution >= 4 is 23.7 Å². The Morgan fingerprint density at radius 2 is 1.73 bits per heavy atom. The maximum absolute atomic E-state index is 11.9. The van der Waals surface area contributed by atoms with Crippen molar-refractivity contribution in [1.29, 1.82) is 0 Å². The van der Waals surface area contributed by atoms with Gasteiger partial charge in [-0.3, -0.25) is 9.59 Å². The lowest BCUT2D eigenvalue weighted by Gasteiger charge is -2.07. The molecule has 0 saturated carbocycles. The number of nitrogens with one attached hydrogen (secondary N) is 2. The lowest BCUT2D eigenvalue weighted by atomic mass is 10.2. The van der Waals surface area contributed by atoms with E-state index in [-0.39, 0.29) is 24.7 Å². The molecule has 0 heterocycles. The van der Waals surface area contributed by atoms with E-state index in [0.29, 0.717) is 6.61 Å². The fourth-order valence-electron chi connectivity index (χ4n) is 2.20. The molecular formula is C20H23N3O3.